The van der Waals surface area contributed by atoms with Crippen LogP contribution in [0.1, 0.15) is 99.4 Å². The van der Waals surface area contributed by atoms with E-state index in [2.05, 4.69) is 16.2 Å². The lowest BCUT2D eigenvalue weighted by Crippen LogP contribution is -2.25. The number of hydrogen-bond donors (Lipinski definition) is 2. The van der Waals surface area contributed by atoms with Crippen molar-refractivity contribution in [2.75, 3.05) is 12.8 Å². The van der Waals surface area contributed by atoms with Gasteiger partial charge in [-0.1, -0.05) is 88.8 Å². The zero-order chi connectivity index (χ0) is 29.3. The number of rotatable bonds is 19. The standard InChI is InChI=1S/C33H47N5O2S/c1-38(32(39)20-9-7-5-3-2-4-6-8-13-26-14-10-15-26)24-27-16-11-19-31(21-27)41-25-30(37-35)23-36-29-18-12-17-28(22-29)33(34)40/h11-12,16-19,21-23,26H,2-10,13-15,20,24-25,35H2,1H3,(H2,34,40)/b36-23?,37-30+. The monoisotopic (exact) mass is 577 g/mol. The zero-order valence-electron chi connectivity index (χ0n) is 24.6. The van der Waals surface area contributed by atoms with E-state index in [-0.39, 0.29) is 5.91 Å². The van der Waals surface area contributed by atoms with Crippen LogP contribution in [0.2, 0.25) is 0 Å². The maximum atomic E-state index is 12.7. The van der Waals surface area contributed by atoms with Gasteiger partial charge in [-0.2, -0.15) is 5.10 Å². The van der Waals surface area contributed by atoms with Crippen LogP contribution in [0.4, 0.5) is 5.69 Å². The van der Waals surface area contributed by atoms with Gasteiger partial charge in [0, 0.05) is 36.2 Å². The van der Waals surface area contributed by atoms with Crippen molar-refractivity contribution < 1.29 is 9.59 Å². The molecule has 0 atom stereocenters. The first-order valence-corrected chi connectivity index (χ1v) is 16.1. The van der Waals surface area contributed by atoms with Gasteiger partial charge in [0.15, 0.2) is 0 Å². The topological polar surface area (TPSA) is 114 Å². The summed E-state index contributed by atoms with van der Waals surface area (Å²) < 4.78 is 0. The van der Waals surface area contributed by atoms with Crippen LogP contribution in [0.3, 0.4) is 0 Å². The number of nitrogens with zero attached hydrogens (tertiary/aromatic N) is 3. The predicted octanol–water partition coefficient (Wildman–Crippen LogP) is 7.25. The molecule has 7 nitrogen and oxygen atoms in total. The summed E-state index contributed by atoms with van der Waals surface area (Å²) in [6.45, 7) is 0.587. The molecule has 41 heavy (non-hydrogen) atoms. The molecule has 8 heteroatoms. The Hall–Kier alpha value is -3.13. The number of benzene rings is 2. The summed E-state index contributed by atoms with van der Waals surface area (Å²) in [5.74, 6) is 6.87. The molecule has 0 aromatic heterocycles. The Morgan fingerprint density at radius 2 is 1.68 bits per heavy atom. The van der Waals surface area contributed by atoms with Crippen molar-refractivity contribution in [2.45, 2.75) is 94.9 Å². The molecule has 0 radical (unpaired) electrons. The summed E-state index contributed by atoms with van der Waals surface area (Å²) in [6, 6.07) is 15.0. The SMILES string of the molecule is CN(Cc1cccc(SC/C(C=Nc2cccc(C(N)=O)c2)=N/N)c1)C(=O)CCCCCCCCCCC1CCC1. The molecule has 0 heterocycles. The highest BCUT2D eigenvalue weighted by Gasteiger charge is 2.16. The molecule has 0 saturated heterocycles. The second-order valence-corrected chi connectivity index (χ2v) is 12.2. The maximum absolute atomic E-state index is 12.7. The number of nitrogens with two attached hydrogens (primary N) is 2. The number of carbonyl (C=O) groups excluding carboxylic acids is 2. The fourth-order valence-electron chi connectivity index (χ4n) is 4.99. The largest absolute Gasteiger partial charge is 0.366 e. The Kier molecular flexibility index (Phi) is 14.5. The maximum Gasteiger partial charge on any atom is 0.248 e. The molecule has 0 aliphatic heterocycles. The lowest BCUT2D eigenvalue weighted by atomic mass is 9.81. The Morgan fingerprint density at radius 3 is 2.37 bits per heavy atom. The van der Waals surface area contributed by atoms with Crippen LogP contribution in [-0.2, 0) is 11.3 Å². The van der Waals surface area contributed by atoms with Crippen molar-refractivity contribution in [2.24, 2.45) is 27.6 Å². The summed E-state index contributed by atoms with van der Waals surface area (Å²) in [5, 5.41) is 3.85. The third-order valence-corrected chi connectivity index (χ3v) is 8.79. The molecule has 3 rings (SSSR count). The molecule has 2 amide bonds. The number of primary amides is 1. The fourth-order valence-corrected chi connectivity index (χ4v) is 5.86. The van der Waals surface area contributed by atoms with Gasteiger partial charge in [0.25, 0.3) is 0 Å². The van der Waals surface area contributed by atoms with E-state index in [4.69, 9.17) is 11.6 Å². The van der Waals surface area contributed by atoms with Gasteiger partial charge in [-0.3, -0.25) is 14.6 Å². The van der Waals surface area contributed by atoms with Crippen LogP contribution in [0, 0.1) is 5.92 Å². The van der Waals surface area contributed by atoms with E-state index in [9.17, 15) is 9.59 Å². The number of aliphatic imine (C=N–C) groups is 1. The molecule has 4 N–H and O–H groups in total. The van der Waals surface area contributed by atoms with E-state index in [1.54, 1.807) is 42.2 Å². The zero-order valence-corrected chi connectivity index (χ0v) is 25.4. The molecule has 1 aliphatic rings. The number of amides is 2. The first kappa shape index (κ1) is 32.4. The molecular formula is C33H47N5O2S. The van der Waals surface area contributed by atoms with E-state index in [1.807, 2.05) is 30.1 Å². The van der Waals surface area contributed by atoms with E-state index < -0.39 is 5.91 Å². The van der Waals surface area contributed by atoms with Crippen molar-refractivity contribution in [3.05, 3.63) is 59.7 Å². The molecule has 0 unspecified atom stereocenters. The van der Waals surface area contributed by atoms with Crippen molar-refractivity contribution >= 4 is 41.2 Å². The predicted molar refractivity (Wildman–Crippen MR) is 172 cm³/mol. The van der Waals surface area contributed by atoms with Crippen molar-refractivity contribution in [3.8, 4) is 0 Å². The lowest BCUT2D eigenvalue weighted by molar-refractivity contribution is -0.130. The van der Waals surface area contributed by atoms with Gasteiger partial charge in [0.05, 0.1) is 17.6 Å². The van der Waals surface area contributed by atoms with Gasteiger partial charge in [0.2, 0.25) is 11.8 Å². The Labute approximate surface area is 250 Å². The smallest absolute Gasteiger partial charge is 0.248 e. The third-order valence-electron chi connectivity index (χ3n) is 7.77. The minimum Gasteiger partial charge on any atom is -0.366 e. The first-order chi connectivity index (χ1) is 19.9. The third kappa shape index (κ3) is 12.5. The summed E-state index contributed by atoms with van der Waals surface area (Å²) >= 11 is 1.60. The Bertz CT molecular complexity index is 1160. The van der Waals surface area contributed by atoms with E-state index in [0.29, 0.717) is 35.7 Å². The van der Waals surface area contributed by atoms with Gasteiger partial charge in [-0.15, -0.1) is 11.8 Å². The van der Waals surface area contributed by atoms with Crippen LogP contribution in [0.5, 0.6) is 0 Å². The Balaban J connectivity index is 1.31. The van der Waals surface area contributed by atoms with E-state index >= 15 is 0 Å². The van der Waals surface area contributed by atoms with Gasteiger partial charge in [0.1, 0.15) is 0 Å². The number of hydrazone groups is 1. The molecule has 0 bridgehead atoms. The molecule has 222 valence electrons. The highest BCUT2D eigenvalue weighted by atomic mass is 32.2. The van der Waals surface area contributed by atoms with Crippen LogP contribution in [0.25, 0.3) is 0 Å². The quantitative estimate of drug-likeness (QED) is 0.0601. The second-order valence-electron chi connectivity index (χ2n) is 11.1. The molecule has 0 spiro atoms. The van der Waals surface area contributed by atoms with Gasteiger partial charge < -0.3 is 16.5 Å². The van der Waals surface area contributed by atoms with Crippen molar-refractivity contribution in [1.29, 1.82) is 0 Å². The number of unbranched alkanes of at least 4 members (excludes halogenated alkanes) is 7. The average Bonchev–Trinajstić information content (AvgIpc) is 2.95. The minimum atomic E-state index is -0.497. The average molecular weight is 578 g/mol. The first-order valence-electron chi connectivity index (χ1n) is 15.1. The van der Waals surface area contributed by atoms with Gasteiger partial charge >= 0.3 is 0 Å². The van der Waals surface area contributed by atoms with Crippen molar-refractivity contribution in [3.63, 3.8) is 0 Å². The van der Waals surface area contributed by atoms with E-state index in [0.717, 1.165) is 29.2 Å². The normalized spacial score (nSPS) is 13.8. The molecule has 1 aliphatic carbocycles. The van der Waals surface area contributed by atoms with Crippen LogP contribution in [-0.4, -0.2) is 41.4 Å². The molecule has 1 saturated carbocycles. The second kappa shape index (κ2) is 18.3. The number of hydrogen-bond acceptors (Lipinski definition) is 6. The summed E-state index contributed by atoms with van der Waals surface area (Å²) in [4.78, 5) is 31.3. The summed E-state index contributed by atoms with van der Waals surface area (Å²) in [7, 11) is 1.88. The van der Waals surface area contributed by atoms with Crippen LogP contribution >= 0.6 is 11.8 Å². The lowest BCUT2D eigenvalue weighted by Gasteiger charge is -2.24. The number of carbonyl (C=O) groups is 2. The highest BCUT2D eigenvalue weighted by Crippen LogP contribution is 2.31. The number of thioether (sulfide) groups is 1. The Morgan fingerprint density at radius 1 is 0.976 bits per heavy atom. The molecule has 1 fully saturated rings. The highest BCUT2D eigenvalue weighted by molar-refractivity contribution is 8.00. The summed E-state index contributed by atoms with van der Waals surface area (Å²) in [5.41, 5.74) is 8.04. The van der Waals surface area contributed by atoms with Crippen molar-refractivity contribution in [1.82, 2.24) is 4.90 Å². The van der Waals surface area contributed by atoms with Crippen LogP contribution < -0.4 is 11.6 Å². The van der Waals surface area contributed by atoms with Gasteiger partial charge in [-0.05, 0) is 48.2 Å². The molecule has 2 aromatic carbocycles. The fraction of sp³-hybridized carbons (Fsp3) is 0.515. The van der Waals surface area contributed by atoms with Crippen LogP contribution in [0.15, 0.2) is 63.5 Å². The molecule has 2 aromatic rings. The minimum absolute atomic E-state index is 0.202. The van der Waals surface area contributed by atoms with E-state index in [1.165, 1.54) is 64.2 Å². The van der Waals surface area contributed by atoms with Gasteiger partial charge in [-0.25, -0.2) is 0 Å². The molecular weight excluding hydrogens is 530 g/mol. The summed E-state index contributed by atoms with van der Waals surface area (Å²) in [6.07, 6.45) is 18.2.